The van der Waals surface area contributed by atoms with Crippen LogP contribution in [0.5, 0.6) is 5.75 Å². The number of thiocarbonyl (C=S) groups is 1. The second-order valence-electron chi connectivity index (χ2n) is 8.18. The Hall–Kier alpha value is -1.98. The molecule has 10 heteroatoms. The number of nitrogens with one attached hydrogen (secondary N) is 2. The number of fused-ring (bicyclic) bond motifs is 1. The van der Waals surface area contributed by atoms with Crippen molar-refractivity contribution in [1.29, 1.82) is 0 Å². The standard InChI is InChI=1S/C21H30N4O5S/c1-29-14-4-2-13(3-5-14)25-18-15(12-16(26)19(27)17(18)23-21(25)31)20(28)22-6-7-24-8-10-30-11-9-24/h2-5,15-19,26-27H,6-12H2,1H3,(H,22,28)(H,23,31)/t15-,16-,17-,18+,19+/m1/s1. The van der Waals surface area contributed by atoms with Crippen molar-refractivity contribution in [1.82, 2.24) is 15.5 Å². The minimum Gasteiger partial charge on any atom is -0.497 e. The van der Waals surface area contributed by atoms with Gasteiger partial charge in [0.2, 0.25) is 5.91 Å². The van der Waals surface area contributed by atoms with Crippen molar-refractivity contribution in [3.05, 3.63) is 24.3 Å². The number of ether oxygens (including phenoxy) is 2. The number of amides is 1. The van der Waals surface area contributed by atoms with Gasteiger partial charge >= 0.3 is 0 Å². The van der Waals surface area contributed by atoms with E-state index in [-0.39, 0.29) is 12.3 Å². The molecular formula is C21H30N4O5S. The summed E-state index contributed by atoms with van der Waals surface area (Å²) in [5, 5.41) is 27.6. The third-order valence-corrected chi connectivity index (χ3v) is 6.68. The van der Waals surface area contributed by atoms with Crippen LogP contribution in [0.15, 0.2) is 24.3 Å². The van der Waals surface area contributed by atoms with E-state index in [1.165, 1.54) is 0 Å². The fourth-order valence-electron chi connectivity index (χ4n) is 4.68. The number of carbonyl (C=O) groups excluding carboxylic acids is 1. The van der Waals surface area contributed by atoms with E-state index in [0.717, 1.165) is 31.1 Å². The topological polar surface area (TPSA) is 107 Å². The molecule has 0 radical (unpaired) electrons. The number of hydrogen-bond acceptors (Lipinski definition) is 7. The zero-order valence-electron chi connectivity index (χ0n) is 17.6. The SMILES string of the molecule is COc1ccc(N2C(=S)N[C@H]3[C@@H](O)[C@H](O)C[C@@H](C(=O)NCCN4CCOCC4)[C@@H]32)cc1. The molecule has 3 aliphatic rings. The average molecular weight is 451 g/mol. The van der Waals surface area contributed by atoms with Crippen LogP contribution >= 0.6 is 12.2 Å². The molecule has 1 saturated carbocycles. The molecule has 4 N–H and O–H groups in total. The molecule has 0 aromatic heterocycles. The van der Waals surface area contributed by atoms with E-state index in [0.29, 0.717) is 24.9 Å². The second-order valence-corrected chi connectivity index (χ2v) is 8.57. The lowest BCUT2D eigenvalue weighted by Crippen LogP contribution is -2.61. The van der Waals surface area contributed by atoms with Crippen molar-refractivity contribution in [2.24, 2.45) is 5.92 Å². The first-order valence-corrected chi connectivity index (χ1v) is 11.1. The van der Waals surface area contributed by atoms with Gasteiger partial charge in [-0.2, -0.15) is 0 Å². The summed E-state index contributed by atoms with van der Waals surface area (Å²) < 4.78 is 10.6. The minimum atomic E-state index is -1.01. The highest BCUT2D eigenvalue weighted by molar-refractivity contribution is 7.80. The third-order valence-electron chi connectivity index (χ3n) is 6.36. The van der Waals surface area contributed by atoms with Gasteiger partial charge in [0, 0.05) is 31.9 Å². The Bertz CT molecular complexity index is 788. The van der Waals surface area contributed by atoms with E-state index in [9.17, 15) is 15.0 Å². The van der Waals surface area contributed by atoms with Crippen LogP contribution < -0.4 is 20.3 Å². The number of anilines is 1. The molecule has 0 spiro atoms. The smallest absolute Gasteiger partial charge is 0.225 e. The molecule has 1 amide bonds. The van der Waals surface area contributed by atoms with Gasteiger partial charge in [-0.15, -0.1) is 0 Å². The predicted octanol–water partition coefficient (Wildman–Crippen LogP) is -0.683. The summed E-state index contributed by atoms with van der Waals surface area (Å²) in [5.74, 6) is 0.0530. The van der Waals surface area contributed by atoms with E-state index in [4.69, 9.17) is 21.7 Å². The largest absolute Gasteiger partial charge is 0.497 e. The van der Waals surface area contributed by atoms with Crippen LogP contribution in [0.25, 0.3) is 0 Å². The molecule has 2 heterocycles. The lowest BCUT2D eigenvalue weighted by Gasteiger charge is -2.41. The Labute approximate surface area is 187 Å². The van der Waals surface area contributed by atoms with Gasteiger partial charge in [-0.1, -0.05) is 0 Å². The van der Waals surface area contributed by atoms with Gasteiger partial charge in [-0.3, -0.25) is 9.69 Å². The average Bonchev–Trinajstić information content (AvgIpc) is 3.14. The van der Waals surface area contributed by atoms with E-state index in [1.54, 1.807) is 7.11 Å². The van der Waals surface area contributed by atoms with Crippen molar-refractivity contribution in [2.45, 2.75) is 30.7 Å². The van der Waals surface area contributed by atoms with Crippen LogP contribution in [0.1, 0.15) is 6.42 Å². The maximum Gasteiger partial charge on any atom is 0.225 e. The Morgan fingerprint density at radius 3 is 2.68 bits per heavy atom. The predicted molar refractivity (Wildman–Crippen MR) is 119 cm³/mol. The van der Waals surface area contributed by atoms with E-state index in [1.807, 2.05) is 29.2 Å². The van der Waals surface area contributed by atoms with Crippen molar-refractivity contribution in [3.63, 3.8) is 0 Å². The van der Waals surface area contributed by atoms with Crippen LogP contribution in [-0.2, 0) is 9.53 Å². The quantitative estimate of drug-likeness (QED) is 0.419. The monoisotopic (exact) mass is 450 g/mol. The fourth-order valence-corrected chi connectivity index (χ4v) is 5.04. The summed E-state index contributed by atoms with van der Waals surface area (Å²) in [6, 6.07) is 6.48. The van der Waals surface area contributed by atoms with E-state index < -0.39 is 30.2 Å². The first kappa shape index (κ1) is 22.2. The fraction of sp³-hybridized carbons (Fsp3) is 0.619. The highest BCUT2D eigenvalue weighted by Gasteiger charge is 2.53. The van der Waals surface area contributed by atoms with E-state index in [2.05, 4.69) is 15.5 Å². The Kier molecular flexibility index (Phi) is 6.92. The van der Waals surface area contributed by atoms with Gasteiger partial charge in [0.1, 0.15) is 11.9 Å². The Morgan fingerprint density at radius 2 is 2.00 bits per heavy atom. The highest BCUT2D eigenvalue weighted by Crippen LogP contribution is 2.37. The van der Waals surface area contributed by atoms with Crippen LogP contribution in [0, 0.1) is 5.92 Å². The van der Waals surface area contributed by atoms with Gasteiger partial charge in [0.05, 0.1) is 44.4 Å². The molecule has 1 aliphatic carbocycles. The van der Waals surface area contributed by atoms with Crippen molar-refractivity contribution in [3.8, 4) is 5.75 Å². The first-order chi connectivity index (χ1) is 15.0. The molecular weight excluding hydrogens is 420 g/mol. The maximum atomic E-state index is 13.2. The van der Waals surface area contributed by atoms with Gasteiger partial charge in [0.15, 0.2) is 5.11 Å². The Morgan fingerprint density at radius 1 is 1.29 bits per heavy atom. The minimum absolute atomic E-state index is 0.140. The molecule has 170 valence electrons. The van der Waals surface area contributed by atoms with Crippen LogP contribution in [-0.4, -0.2) is 96.9 Å². The Balaban J connectivity index is 1.49. The lowest BCUT2D eigenvalue weighted by molar-refractivity contribution is -0.131. The van der Waals surface area contributed by atoms with Gasteiger partial charge in [0.25, 0.3) is 0 Å². The molecule has 0 bridgehead atoms. The zero-order chi connectivity index (χ0) is 22.0. The maximum absolute atomic E-state index is 13.2. The number of nitrogens with zero attached hydrogens (tertiary/aromatic N) is 2. The summed E-state index contributed by atoms with van der Waals surface area (Å²) in [4.78, 5) is 17.3. The number of benzene rings is 1. The third kappa shape index (κ3) is 4.63. The summed E-state index contributed by atoms with van der Waals surface area (Å²) in [6.07, 6.45) is -1.84. The normalized spacial score (nSPS) is 31.1. The lowest BCUT2D eigenvalue weighted by atomic mass is 9.77. The summed E-state index contributed by atoms with van der Waals surface area (Å²) in [7, 11) is 1.60. The first-order valence-electron chi connectivity index (χ1n) is 10.7. The molecule has 9 nitrogen and oxygen atoms in total. The van der Waals surface area contributed by atoms with Gasteiger partial charge in [-0.05, 0) is 42.9 Å². The molecule has 4 rings (SSSR count). The molecule has 5 atom stereocenters. The number of hydrogen-bond donors (Lipinski definition) is 4. The zero-order valence-corrected chi connectivity index (χ0v) is 18.4. The number of methoxy groups -OCH3 is 1. The number of carbonyl (C=O) groups is 1. The second kappa shape index (κ2) is 9.66. The number of rotatable bonds is 6. The molecule has 1 aromatic rings. The molecule has 31 heavy (non-hydrogen) atoms. The van der Waals surface area contributed by atoms with Crippen LogP contribution in [0.4, 0.5) is 5.69 Å². The van der Waals surface area contributed by atoms with Crippen LogP contribution in [0.2, 0.25) is 0 Å². The number of morpholine rings is 1. The molecule has 2 saturated heterocycles. The van der Waals surface area contributed by atoms with Crippen molar-refractivity contribution >= 4 is 28.9 Å². The summed E-state index contributed by atoms with van der Waals surface area (Å²) in [5.41, 5.74) is 0.806. The van der Waals surface area contributed by atoms with E-state index >= 15 is 0 Å². The van der Waals surface area contributed by atoms with Gasteiger partial charge < -0.3 is 35.2 Å². The molecule has 3 fully saturated rings. The summed E-state index contributed by atoms with van der Waals surface area (Å²) >= 11 is 5.54. The van der Waals surface area contributed by atoms with Crippen molar-refractivity contribution < 1.29 is 24.5 Å². The highest BCUT2D eigenvalue weighted by atomic mass is 32.1. The number of aliphatic hydroxyl groups is 2. The molecule has 1 aromatic carbocycles. The summed E-state index contributed by atoms with van der Waals surface area (Å²) in [6.45, 7) is 4.41. The molecule has 2 aliphatic heterocycles. The number of aliphatic hydroxyl groups excluding tert-OH is 2. The van der Waals surface area contributed by atoms with Crippen LogP contribution in [0.3, 0.4) is 0 Å². The van der Waals surface area contributed by atoms with Gasteiger partial charge in [-0.25, -0.2) is 0 Å². The molecule has 0 unspecified atom stereocenters. The van der Waals surface area contributed by atoms with Crippen molar-refractivity contribution in [2.75, 3.05) is 51.4 Å².